The predicted octanol–water partition coefficient (Wildman–Crippen LogP) is 1.97. The average Bonchev–Trinajstić information content (AvgIpc) is 2.47. The molecule has 72 valence electrons. The van der Waals surface area contributed by atoms with Crippen LogP contribution in [0.15, 0.2) is 18.9 Å². The van der Waals surface area contributed by atoms with Gasteiger partial charge in [0, 0.05) is 19.8 Å². The van der Waals surface area contributed by atoms with Crippen LogP contribution in [0.5, 0.6) is 0 Å². The number of nitrogens with zero attached hydrogens (tertiary/aromatic N) is 2. The van der Waals surface area contributed by atoms with Gasteiger partial charge in [-0.2, -0.15) is 5.10 Å². The Morgan fingerprint density at radius 3 is 3.08 bits per heavy atom. The number of rotatable bonds is 5. The monoisotopic (exact) mass is 179 g/mol. The van der Waals surface area contributed by atoms with E-state index in [9.17, 15) is 0 Å². The third-order valence-electron chi connectivity index (χ3n) is 1.90. The summed E-state index contributed by atoms with van der Waals surface area (Å²) in [4.78, 5) is 0. The molecule has 0 aliphatic heterocycles. The van der Waals surface area contributed by atoms with E-state index in [0.717, 1.165) is 30.8 Å². The predicted molar refractivity (Wildman–Crippen MR) is 55.9 cm³/mol. The highest BCUT2D eigenvalue weighted by Crippen LogP contribution is 2.13. The topological polar surface area (TPSA) is 29.9 Å². The normalized spacial score (nSPS) is 10.0. The molecule has 0 aromatic carbocycles. The van der Waals surface area contributed by atoms with Crippen molar-refractivity contribution in [3.05, 3.63) is 24.5 Å². The molecule has 1 aromatic rings. The summed E-state index contributed by atoms with van der Waals surface area (Å²) in [5.74, 6) is 0. The van der Waals surface area contributed by atoms with E-state index < -0.39 is 0 Å². The van der Waals surface area contributed by atoms with Crippen molar-refractivity contribution >= 4 is 5.69 Å². The lowest BCUT2D eigenvalue weighted by atomic mass is 10.3. The second-order valence-electron chi connectivity index (χ2n) is 3.02. The minimum Gasteiger partial charge on any atom is -0.382 e. The first kappa shape index (κ1) is 9.84. The average molecular weight is 179 g/mol. The minimum atomic E-state index is 0.933. The van der Waals surface area contributed by atoms with E-state index in [2.05, 4.69) is 23.9 Å². The lowest BCUT2D eigenvalue weighted by molar-refractivity contribution is 0.746. The lowest BCUT2D eigenvalue weighted by Crippen LogP contribution is -2.01. The summed E-state index contributed by atoms with van der Waals surface area (Å²) in [6.07, 6.45) is 5.88. The number of anilines is 1. The van der Waals surface area contributed by atoms with E-state index in [-0.39, 0.29) is 0 Å². The van der Waals surface area contributed by atoms with E-state index in [1.165, 1.54) is 0 Å². The van der Waals surface area contributed by atoms with Crippen LogP contribution in [0.3, 0.4) is 0 Å². The van der Waals surface area contributed by atoms with Crippen molar-refractivity contribution < 1.29 is 0 Å². The summed E-state index contributed by atoms with van der Waals surface area (Å²) in [5, 5.41) is 7.67. The van der Waals surface area contributed by atoms with Gasteiger partial charge in [0.05, 0.1) is 11.4 Å². The summed E-state index contributed by atoms with van der Waals surface area (Å²) in [6.45, 7) is 6.72. The SMILES string of the molecule is C=CCCNc1cn(C)nc1CC. The Hall–Kier alpha value is -1.25. The molecule has 0 radical (unpaired) electrons. The molecule has 13 heavy (non-hydrogen) atoms. The molecule has 0 atom stereocenters. The van der Waals surface area contributed by atoms with Gasteiger partial charge < -0.3 is 5.32 Å². The van der Waals surface area contributed by atoms with Crippen molar-refractivity contribution in [1.82, 2.24) is 9.78 Å². The molecule has 0 amide bonds. The lowest BCUT2D eigenvalue weighted by Gasteiger charge is -2.02. The van der Waals surface area contributed by atoms with E-state index in [0.29, 0.717) is 0 Å². The number of aromatic nitrogens is 2. The maximum absolute atomic E-state index is 4.34. The Morgan fingerprint density at radius 2 is 2.46 bits per heavy atom. The molecule has 0 aliphatic carbocycles. The summed E-state index contributed by atoms with van der Waals surface area (Å²) < 4.78 is 1.84. The maximum atomic E-state index is 4.34. The van der Waals surface area contributed by atoms with Gasteiger partial charge in [0.25, 0.3) is 0 Å². The first-order chi connectivity index (χ1) is 6.27. The quantitative estimate of drug-likeness (QED) is 0.553. The third-order valence-corrected chi connectivity index (χ3v) is 1.90. The highest BCUT2D eigenvalue weighted by molar-refractivity contribution is 5.46. The molecule has 0 spiro atoms. The highest BCUT2D eigenvalue weighted by Gasteiger charge is 2.03. The minimum absolute atomic E-state index is 0.933. The van der Waals surface area contributed by atoms with Crippen molar-refractivity contribution in [2.45, 2.75) is 19.8 Å². The fourth-order valence-corrected chi connectivity index (χ4v) is 1.25. The molecule has 0 unspecified atom stereocenters. The van der Waals surface area contributed by atoms with Gasteiger partial charge in [0.1, 0.15) is 0 Å². The zero-order valence-electron chi connectivity index (χ0n) is 8.38. The Kier molecular flexibility index (Phi) is 3.55. The molecule has 1 aromatic heterocycles. The van der Waals surface area contributed by atoms with Gasteiger partial charge >= 0.3 is 0 Å². The molecular weight excluding hydrogens is 162 g/mol. The van der Waals surface area contributed by atoms with Crippen LogP contribution in [0.2, 0.25) is 0 Å². The molecule has 0 fully saturated rings. The van der Waals surface area contributed by atoms with Crippen LogP contribution in [0.1, 0.15) is 19.0 Å². The second-order valence-corrected chi connectivity index (χ2v) is 3.02. The van der Waals surface area contributed by atoms with E-state index in [4.69, 9.17) is 0 Å². The zero-order chi connectivity index (χ0) is 9.68. The number of nitrogens with one attached hydrogen (secondary N) is 1. The van der Waals surface area contributed by atoms with Gasteiger partial charge in [-0.05, 0) is 12.8 Å². The van der Waals surface area contributed by atoms with Crippen LogP contribution >= 0.6 is 0 Å². The van der Waals surface area contributed by atoms with Crippen LogP contribution in [0, 0.1) is 0 Å². The molecule has 3 heteroatoms. The number of aryl methyl sites for hydroxylation is 2. The van der Waals surface area contributed by atoms with Crippen LogP contribution in [-0.2, 0) is 13.5 Å². The molecular formula is C10H17N3. The van der Waals surface area contributed by atoms with Gasteiger partial charge in [-0.3, -0.25) is 4.68 Å². The van der Waals surface area contributed by atoms with Crippen molar-refractivity contribution in [1.29, 1.82) is 0 Å². The second kappa shape index (κ2) is 4.70. The van der Waals surface area contributed by atoms with E-state index >= 15 is 0 Å². The van der Waals surface area contributed by atoms with Crippen molar-refractivity contribution in [2.24, 2.45) is 7.05 Å². The Labute approximate surface area is 79.5 Å². The van der Waals surface area contributed by atoms with Crippen LogP contribution in [0.25, 0.3) is 0 Å². The molecule has 1 N–H and O–H groups in total. The fraction of sp³-hybridized carbons (Fsp3) is 0.500. The summed E-state index contributed by atoms with van der Waals surface area (Å²) in [6, 6.07) is 0. The van der Waals surface area contributed by atoms with Gasteiger partial charge in [0.2, 0.25) is 0 Å². The first-order valence-electron chi connectivity index (χ1n) is 4.65. The van der Waals surface area contributed by atoms with Crippen LogP contribution < -0.4 is 5.32 Å². The molecule has 0 bridgehead atoms. The van der Waals surface area contributed by atoms with Crippen molar-refractivity contribution in [3.63, 3.8) is 0 Å². The largest absolute Gasteiger partial charge is 0.382 e. The molecule has 1 heterocycles. The number of hydrogen-bond acceptors (Lipinski definition) is 2. The van der Waals surface area contributed by atoms with Crippen molar-refractivity contribution in [2.75, 3.05) is 11.9 Å². The van der Waals surface area contributed by atoms with E-state index in [1.807, 2.05) is 24.0 Å². The molecule has 0 saturated heterocycles. The van der Waals surface area contributed by atoms with Crippen LogP contribution in [-0.4, -0.2) is 16.3 Å². The van der Waals surface area contributed by atoms with Gasteiger partial charge in [0.15, 0.2) is 0 Å². The van der Waals surface area contributed by atoms with Gasteiger partial charge in [-0.1, -0.05) is 13.0 Å². The summed E-state index contributed by atoms with van der Waals surface area (Å²) in [5.41, 5.74) is 2.28. The van der Waals surface area contributed by atoms with Gasteiger partial charge in [-0.15, -0.1) is 6.58 Å². The molecule has 1 rings (SSSR count). The summed E-state index contributed by atoms with van der Waals surface area (Å²) >= 11 is 0. The van der Waals surface area contributed by atoms with Crippen molar-refractivity contribution in [3.8, 4) is 0 Å². The van der Waals surface area contributed by atoms with Crippen LogP contribution in [0.4, 0.5) is 5.69 Å². The third kappa shape index (κ3) is 2.61. The Balaban J connectivity index is 2.58. The summed E-state index contributed by atoms with van der Waals surface area (Å²) in [7, 11) is 1.94. The zero-order valence-corrected chi connectivity index (χ0v) is 8.38. The fourth-order valence-electron chi connectivity index (χ4n) is 1.25. The standard InChI is InChI=1S/C10H17N3/c1-4-6-7-11-10-8-13(3)12-9(10)5-2/h4,8,11H,1,5-7H2,2-3H3. The Morgan fingerprint density at radius 1 is 1.69 bits per heavy atom. The first-order valence-corrected chi connectivity index (χ1v) is 4.65. The highest BCUT2D eigenvalue weighted by atomic mass is 15.3. The van der Waals surface area contributed by atoms with E-state index in [1.54, 1.807) is 0 Å². The molecule has 0 aliphatic rings. The Bertz CT molecular complexity index is 276. The molecule has 0 saturated carbocycles. The smallest absolute Gasteiger partial charge is 0.0853 e. The maximum Gasteiger partial charge on any atom is 0.0853 e. The van der Waals surface area contributed by atoms with Gasteiger partial charge in [-0.25, -0.2) is 0 Å². The molecule has 3 nitrogen and oxygen atoms in total. The number of hydrogen-bond donors (Lipinski definition) is 1.